The second-order valence-electron chi connectivity index (χ2n) is 6.50. The molecule has 28 heavy (non-hydrogen) atoms. The van der Waals surface area contributed by atoms with Crippen molar-refractivity contribution >= 4 is 74.5 Å². The third-order valence-corrected chi connectivity index (χ3v) is 5.76. The molecule has 0 bridgehead atoms. The summed E-state index contributed by atoms with van der Waals surface area (Å²) < 4.78 is 3.60. The van der Waals surface area contributed by atoms with Crippen molar-refractivity contribution in [2.75, 3.05) is 29.7 Å². The minimum atomic E-state index is 0.594. The molecule has 146 valence electrons. The number of hydrogen-bond acceptors (Lipinski definition) is 1. The zero-order chi connectivity index (χ0) is 19.9. The summed E-state index contributed by atoms with van der Waals surface area (Å²) in [6, 6.07) is 19.5. The topological polar surface area (TPSA) is 7.12 Å². The van der Waals surface area contributed by atoms with Crippen LogP contribution in [-0.2, 0) is 6.54 Å². The number of alkyl halides is 2. The van der Waals surface area contributed by atoms with Gasteiger partial charge in [-0.1, -0.05) is 12.1 Å². The number of anilines is 1. The molecule has 0 saturated carbocycles. The van der Waals surface area contributed by atoms with Gasteiger partial charge in [0.15, 0.2) is 0 Å². The van der Waals surface area contributed by atoms with Crippen molar-refractivity contribution in [3.63, 3.8) is 0 Å². The van der Waals surface area contributed by atoms with Gasteiger partial charge in [0.25, 0.3) is 0 Å². The number of rotatable bonds is 8. The molecule has 3 aromatic rings. The molecule has 0 amide bonds. The van der Waals surface area contributed by atoms with Crippen LogP contribution in [0, 0.1) is 3.57 Å². The van der Waals surface area contributed by atoms with Crippen molar-refractivity contribution in [2.45, 2.75) is 13.5 Å². The third kappa shape index (κ3) is 5.19. The van der Waals surface area contributed by atoms with E-state index in [2.05, 4.69) is 106 Å². The summed E-state index contributed by atoms with van der Waals surface area (Å²) in [5.74, 6) is 1.19. The normalized spacial score (nSPS) is 11.4. The number of nitrogens with zero attached hydrogens (tertiary/aromatic N) is 2. The SMILES string of the molecule is CC[n+]1c(/C=C/c2ccc(N(CCCl)CCCl)cc2)ccc2cc(I)ccc21. The second-order valence-corrected chi connectivity index (χ2v) is 8.50. The molecular weight excluding hydrogens is 502 g/mol. The van der Waals surface area contributed by atoms with E-state index in [0.717, 1.165) is 25.3 Å². The summed E-state index contributed by atoms with van der Waals surface area (Å²) in [6.45, 7) is 4.72. The van der Waals surface area contributed by atoms with E-state index in [1.54, 1.807) is 0 Å². The Morgan fingerprint density at radius 1 is 0.929 bits per heavy atom. The van der Waals surface area contributed by atoms with Gasteiger partial charge >= 0.3 is 0 Å². The number of aryl methyl sites for hydroxylation is 1. The fraction of sp³-hybridized carbons (Fsp3) is 0.261. The van der Waals surface area contributed by atoms with Crippen molar-refractivity contribution in [3.05, 3.63) is 69.4 Å². The molecule has 0 aliphatic rings. The molecule has 0 unspecified atom stereocenters. The van der Waals surface area contributed by atoms with Crippen LogP contribution in [0.1, 0.15) is 18.2 Å². The number of benzene rings is 2. The van der Waals surface area contributed by atoms with Gasteiger partial charge in [0.2, 0.25) is 11.2 Å². The minimum absolute atomic E-state index is 0.594. The van der Waals surface area contributed by atoms with Crippen LogP contribution in [0.15, 0.2) is 54.6 Å². The Balaban J connectivity index is 1.84. The third-order valence-electron chi connectivity index (χ3n) is 4.76. The van der Waals surface area contributed by atoms with E-state index < -0.39 is 0 Å². The Bertz CT molecular complexity index is 949. The Hall–Kier alpha value is -1.30. The summed E-state index contributed by atoms with van der Waals surface area (Å²) >= 11 is 14.2. The van der Waals surface area contributed by atoms with E-state index >= 15 is 0 Å². The zero-order valence-electron chi connectivity index (χ0n) is 15.9. The minimum Gasteiger partial charge on any atom is -0.369 e. The quantitative estimate of drug-likeness (QED) is 0.193. The van der Waals surface area contributed by atoms with Crippen molar-refractivity contribution in [1.82, 2.24) is 0 Å². The van der Waals surface area contributed by atoms with Gasteiger partial charge < -0.3 is 4.90 Å². The Morgan fingerprint density at radius 2 is 1.64 bits per heavy atom. The lowest BCUT2D eigenvalue weighted by molar-refractivity contribution is -0.669. The summed E-state index contributed by atoms with van der Waals surface area (Å²) in [5, 5.41) is 1.27. The van der Waals surface area contributed by atoms with Gasteiger partial charge in [0, 0.05) is 57.7 Å². The highest BCUT2D eigenvalue weighted by atomic mass is 127. The first kappa shape index (κ1) is 21.4. The van der Waals surface area contributed by atoms with Gasteiger partial charge in [0.1, 0.15) is 6.54 Å². The van der Waals surface area contributed by atoms with E-state index in [1.807, 2.05) is 0 Å². The van der Waals surface area contributed by atoms with Crippen LogP contribution in [-0.4, -0.2) is 24.8 Å². The highest BCUT2D eigenvalue weighted by Gasteiger charge is 2.12. The maximum absolute atomic E-state index is 5.91. The lowest BCUT2D eigenvalue weighted by atomic mass is 10.1. The molecule has 0 radical (unpaired) electrons. The predicted octanol–water partition coefficient (Wildman–Crippen LogP) is 6.21. The monoisotopic (exact) mass is 525 g/mol. The van der Waals surface area contributed by atoms with Crippen LogP contribution in [0.2, 0.25) is 0 Å². The molecule has 0 atom stereocenters. The fourth-order valence-electron chi connectivity index (χ4n) is 3.36. The van der Waals surface area contributed by atoms with Crippen LogP contribution in [0.5, 0.6) is 0 Å². The molecule has 3 rings (SSSR count). The van der Waals surface area contributed by atoms with Gasteiger partial charge in [0.05, 0.1) is 0 Å². The van der Waals surface area contributed by atoms with Crippen LogP contribution < -0.4 is 9.47 Å². The summed E-state index contributed by atoms with van der Waals surface area (Å²) in [5.41, 5.74) is 4.79. The van der Waals surface area contributed by atoms with E-state index in [1.165, 1.54) is 25.7 Å². The van der Waals surface area contributed by atoms with Crippen molar-refractivity contribution in [1.29, 1.82) is 0 Å². The maximum atomic E-state index is 5.91. The lowest BCUT2D eigenvalue weighted by Crippen LogP contribution is -2.36. The molecular formula is C23H24Cl2IN2+. The van der Waals surface area contributed by atoms with Crippen LogP contribution >= 0.6 is 45.8 Å². The first-order chi connectivity index (χ1) is 13.7. The van der Waals surface area contributed by atoms with E-state index in [4.69, 9.17) is 23.2 Å². The van der Waals surface area contributed by atoms with Crippen molar-refractivity contribution in [2.24, 2.45) is 0 Å². The van der Waals surface area contributed by atoms with E-state index in [-0.39, 0.29) is 0 Å². The maximum Gasteiger partial charge on any atom is 0.213 e. The summed E-state index contributed by atoms with van der Waals surface area (Å²) in [7, 11) is 0. The van der Waals surface area contributed by atoms with Gasteiger partial charge in [-0.25, -0.2) is 0 Å². The smallest absolute Gasteiger partial charge is 0.213 e. The molecule has 1 heterocycles. The second kappa shape index (κ2) is 10.5. The average Bonchev–Trinajstić information content (AvgIpc) is 2.72. The van der Waals surface area contributed by atoms with Gasteiger partial charge in [-0.2, -0.15) is 4.57 Å². The summed E-state index contributed by atoms with van der Waals surface area (Å²) in [4.78, 5) is 2.21. The van der Waals surface area contributed by atoms with Crippen molar-refractivity contribution in [3.8, 4) is 0 Å². The van der Waals surface area contributed by atoms with Crippen LogP contribution in [0.25, 0.3) is 23.1 Å². The average molecular weight is 526 g/mol. The number of fused-ring (bicyclic) bond motifs is 1. The highest BCUT2D eigenvalue weighted by molar-refractivity contribution is 14.1. The highest BCUT2D eigenvalue weighted by Crippen LogP contribution is 2.19. The van der Waals surface area contributed by atoms with Gasteiger partial charge in [-0.05, 0) is 71.5 Å². The molecule has 1 aromatic heterocycles. The molecule has 0 N–H and O–H groups in total. The molecule has 2 aromatic carbocycles. The number of pyridine rings is 1. The standard InChI is InChI=1S/C23H24Cl2IN2/c1-2-28-22(11-6-19-17-20(26)7-12-23(19)28)10-5-18-3-8-21(9-4-18)27(15-13-24)16-14-25/h3-12,17H,2,13-16H2,1H3/q+1. The fourth-order valence-corrected chi connectivity index (χ4v) is 4.28. The van der Waals surface area contributed by atoms with Gasteiger partial charge in [-0.15, -0.1) is 23.2 Å². The summed E-state index contributed by atoms with van der Waals surface area (Å²) in [6.07, 6.45) is 4.35. The Labute approximate surface area is 190 Å². The Kier molecular flexibility index (Phi) is 8.00. The largest absolute Gasteiger partial charge is 0.369 e. The zero-order valence-corrected chi connectivity index (χ0v) is 19.6. The number of halogens is 3. The Morgan fingerprint density at radius 3 is 2.29 bits per heavy atom. The van der Waals surface area contributed by atoms with E-state index in [0.29, 0.717) is 11.8 Å². The van der Waals surface area contributed by atoms with Crippen molar-refractivity contribution < 1.29 is 4.57 Å². The molecule has 0 aliphatic carbocycles. The van der Waals surface area contributed by atoms with Crippen LogP contribution in [0.3, 0.4) is 0 Å². The lowest BCUT2D eigenvalue weighted by Gasteiger charge is -2.22. The molecule has 0 aliphatic heterocycles. The van der Waals surface area contributed by atoms with E-state index in [9.17, 15) is 0 Å². The van der Waals surface area contributed by atoms with Crippen LogP contribution in [0.4, 0.5) is 5.69 Å². The predicted molar refractivity (Wildman–Crippen MR) is 132 cm³/mol. The molecule has 5 heteroatoms. The molecule has 2 nitrogen and oxygen atoms in total. The molecule has 0 saturated heterocycles. The first-order valence-corrected chi connectivity index (χ1v) is 11.6. The van der Waals surface area contributed by atoms with Gasteiger partial charge in [-0.3, -0.25) is 0 Å². The molecule has 0 fully saturated rings. The number of aromatic nitrogens is 1. The first-order valence-electron chi connectivity index (χ1n) is 9.43. The number of hydrogen-bond donors (Lipinski definition) is 0. The molecule has 0 spiro atoms.